The summed E-state index contributed by atoms with van der Waals surface area (Å²) in [6.07, 6.45) is 12.8. The number of hydrogen-bond acceptors (Lipinski definition) is 3. The zero-order valence-electron chi connectivity index (χ0n) is 17.6. The average Bonchev–Trinajstić information content (AvgIpc) is 2.66. The largest absolute Gasteiger partial charge is 0.504 e. The van der Waals surface area contributed by atoms with E-state index >= 15 is 0 Å². The molecule has 2 aromatic rings. The van der Waals surface area contributed by atoms with Crippen LogP contribution in [-0.4, -0.2) is 16.0 Å². The number of fused-ring (bicyclic) bond motifs is 1. The third kappa shape index (κ3) is 6.85. The Morgan fingerprint density at radius 2 is 1.43 bits per heavy atom. The number of unbranched alkanes of at least 4 members (excludes halogenated alkanes) is 7. The Morgan fingerprint density at radius 1 is 0.786 bits per heavy atom. The Bertz CT molecular complexity index is 764. The first kappa shape index (κ1) is 22.3. The van der Waals surface area contributed by atoms with E-state index in [-0.39, 0.29) is 17.3 Å². The van der Waals surface area contributed by atoms with Gasteiger partial charge in [-0.1, -0.05) is 77.3 Å². The van der Waals surface area contributed by atoms with Crippen molar-refractivity contribution in [1.82, 2.24) is 0 Å². The summed E-state index contributed by atoms with van der Waals surface area (Å²) in [7, 11) is 0. The summed E-state index contributed by atoms with van der Waals surface area (Å²) >= 11 is 0. The number of carbonyl (C=O) groups is 1. The van der Waals surface area contributed by atoms with Crippen LogP contribution < -0.4 is 0 Å². The Morgan fingerprint density at radius 3 is 2.11 bits per heavy atom. The molecule has 0 radical (unpaired) electrons. The van der Waals surface area contributed by atoms with Crippen LogP contribution in [0.2, 0.25) is 0 Å². The molecule has 2 N–H and O–H groups in total. The van der Waals surface area contributed by atoms with Gasteiger partial charge in [0.25, 0.3) is 0 Å². The predicted octanol–water partition coefficient (Wildman–Crippen LogP) is 6.85. The lowest BCUT2D eigenvalue weighted by Gasteiger charge is -2.11. The molecule has 0 aliphatic carbocycles. The first-order chi connectivity index (χ1) is 13.5. The molecule has 3 nitrogen and oxygen atoms in total. The molecular weight excluding hydrogens is 348 g/mol. The second kappa shape index (κ2) is 11.7. The van der Waals surface area contributed by atoms with Gasteiger partial charge in [0.1, 0.15) is 5.78 Å². The van der Waals surface area contributed by atoms with Crippen LogP contribution in [0.15, 0.2) is 24.3 Å². The number of ketones is 1. The molecule has 3 heteroatoms. The van der Waals surface area contributed by atoms with Gasteiger partial charge in [-0.25, -0.2) is 0 Å². The lowest BCUT2D eigenvalue weighted by atomic mass is 9.94. The highest BCUT2D eigenvalue weighted by Gasteiger charge is 2.12. The highest BCUT2D eigenvalue weighted by Crippen LogP contribution is 2.33. The number of aryl methyl sites for hydroxylation is 1. The maximum absolute atomic E-state index is 12.5. The fourth-order valence-corrected chi connectivity index (χ4v) is 3.87. The number of benzene rings is 2. The number of aromatic hydroxyl groups is 2. The Labute approximate surface area is 169 Å². The number of phenolic OH excluding ortho intramolecular Hbond substituents is 2. The Kier molecular flexibility index (Phi) is 9.33. The van der Waals surface area contributed by atoms with E-state index in [0.717, 1.165) is 42.0 Å². The first-order valence-corrected chi connectivity index (χ1v) is 11.0. The zero-order chi connectivity index (χ0) is 20.4. The molecule has 0 unspecified atom stereocenters. The standard InChI is InChI=1S/C25H36O3/c1-3-5-6-7-8-9-10-11-13-22(26)16-20-14-19(12-4-2)15-21-17-24(27)25(28)18-23(20)21/h14-15,17-18,27-28H,3-13,16H2,1-2H3. The maximum atomic E-state index is 12.5. The minimum absolute atomic E-state index is 0.114. The van der Waals surface area contributed by atoms with Crippen molar-refractivity contribution in [2.75, 3.05) is 0 Å². The lowest BCUT2D eigenvalue weighted by Crippen LogP contribution is -2.04. The van der Waals surface area contributed by atoms with E-state index in [9.17, 15) is 15.0 Å². The number of rotatable bonds is 13. The van der Waals surface area contributed by atoms with E-state index in [0.29, 0.717) is 12.8 Å². The van der Waals surface area contributed by atoms with Crippen LogP contribution in [0.25, 0.3) is 10.8 Å². The highest BCUT2D eigenvalue weighted by molar-refractivity contribution is 5.93. The van der Waals surface area contributed by atoms with Crippen LogP contribution in [0, 0.1) is 0 Å². The van der Waals surface area contributed by atoms with Crippen molar-refractivity contribution in [3.05, 3.63) is 35.4 Å². The molecule has 0 aromatic heterocycles. The summed E-state index contributed by atoms with van der Waals surface area (Å²) in [5, 5.41) is 21.5. The smallest absolute Gasteiger partial charge is 0.158 e. The van der Waals surface area contributed by atoms with Gasteiger partial charge >= 0.3 is 0 Å². The van der Waals surface area contributed by atoms with Crippen LogP contribution in [0.1, 0.15) is 89.2 Å². The summed E-state index contributed by atoms with van der Waals surface area (Å²) in [6.45, 7) is 4.36. The molecule has 0 aliphatic heterocycles. The summed E-state index contributed by atoms with van der Waals surface area (Å²) in [6, 6.07) is 7.31. The molecule has 0 atom stereocenters. The van der Waals surface area contributed by atoms with E-state index < -0.39 is 0 Å². The normalized spacial score (nSPS) is 11.2. The second-order valence-electron chi connectivity index (χ2n) is 8.01. The van der Waals surface area contributed by atoms with Gasteiger partial charge in [-0.15, -0.1) is 0 Å². The van der Waals surface area contributed by atoms with Crippen LogP contribution in [0.3, 0.4) is 0 Å². The molecule has 2 aromatic carbocycles. The molecule has 0 spiro atoms. The van der Waals surface area contributed by atoms with Crippen molar-refractivity contribution in [2.24, 2.45) is 0 Å². The monoisotopic (exact) mass is 384 g/mol. The minimum atomic E-state index is -0.132. The second-order valence-corrected chi connectivity index (χ2v) is 8.01. The third-order valence-electron chi connectivity index (χ3n) is 5.43. The molecule has 28 heavy (non-hydrogen) atoms. The Hall–Kier alpha value is -2.03. The van der Waals surface area contributed by atoms with Crippen LogP contribution in [0.4, 0.5) is 0 Å². The van der Waals surface area contributed by atoms with E-state index in [4.69, 9.17) is 0 Å². The lowest BCUT2D eigenvalue weighted by molar-refractivity contribution is -0.118. The van der Waals surface area contributed by atoms with E-state index in [1.54, 1.807) is 12.1 Å². The topological polar surface area (TPSA) is 57.5 Å². The van der Waals surface area contributed by atoms with Crippen molar-refractivity contribution in [1.29, 1.82) is 0 Å². The van der Waals surface area contributed by atoms with E-state index in [1.165, 1.54) is 44.1 Å². The number of hydrogen-bond donors (Lipinski definition) is 2. The van der Waals surface area contributed by atoms with Gasteiger partial charge in [0.2, 0.25) is 0 Å². The molecule has 0 aliphatic rings. The summed E-state index contributed by atoms with van der Waals surface area (Å²) in [5.41, 5.74) is 2.13. The van der Waals surface area contributed by atoms with Crippen LogP contribution in [0.5, 0.6) is 11.5 Å². The van der Waals surface area contributed by atoms with Gasteiger partial charge < -0.3 is 10.2 Å². The Balaban J connectivity index is 1.94. The van der Waals surface area contributed by atoms with E-state index in [2.05, 4.69) is 19.9 Å². The van der Waals surface area contributed by atoms with Crippen LogP contribution >= 0.6 is 0 Å². The van der Waals surface area contributed by atoms with Crippen molar-refractivity contribution < 1.29 is 15.0 Å². The highest BCUT2D eigenvalue weighted by atomic mass is 16.3. The molecule has 0 amide bonds. The van der Waals surface area contributed by atoms with Crippen molar-refractivity contribution in [3.8, 4) is 11.5 Å². The van der Waals surface area contributed by atoms with Gasteiger partial charge in [-0.3, -0.25) is 4.79 Å². The molecule has 154 valence electrons. The van der Waals surface area contributed by atoms with Crippen molar-refractivity contribution >= 4 is 16.6 Å². The molecule has 0 heterocycles. The molecule has 0 saturated heterocycles. The van der Waals surface area contributed by atoms with Gasteiger partial charge in [-0.05, 0) is 46.9 Å². The average molecular weight is 385 g/mol. The van der Waals surface area contributed by atoms with Crippen LogP contribution in [-0.2, 0) is 17.6 Å². The molecule has 0 saturated carbocycles. The molecule has 0 bridgehead atoms. The quantitative estimate of drug-likeness (QED) is 0.293. The van der Waals surface area contributed by atoms with Gasteiger partial charge in [0, 0.05) is 12.8 Å². The van der Waals surface area contributed by atoms with E-state index in [1.807, 2.05) is 6.07 Å². The van der Waals surface area contributed by atoms with Crippen molar-refractivity contribution in [3.63, 3.8) is 0 Å². The SMILES string of the molecule is CCCCCCCCCCC(=O)Cc1cc(CCC)cc2cc(O)c(O)cc12. The number of carbonyl (C=O) groups excluding carboxylic acids is 1. The van der Waals surface area contributed by atoms with Gasteiger partial charge in [-0.2, -0.15) is 0 Å². The maximum Gasteiger partial charge on any atom is 0.158 e. The van der Waals surface area contributed by atoms with Gasteiger partial charge in [0.05, 0.1) is 0 Å². The predicted molar refractivity (Wildman–Crippen MR) is 117 cm³/mol. The number of Topliss-reactive ketones (excluding diaryl/α,β-unsaturated/α-hetero) is 1. The number of phenols is 2. The van der Waals surface area contributed by atoms with Crippen molar-refractivity contribution in [2.45, 2.75) is 90.9 Å². The fraction of sp³-hybridized carbons (Fsp3) is 0.560. The summed E-state index contributed by atoms with van der Waals surface area (Å²) < 4.78 is 0. The third-order valence-corrected chi connectivity index (χ3v) is 5.43. The zero-order valence-corrected chi connectivity index (χ0v) is 17.6. The fourth-order valence-electron chi connectivity index (χ4n) is 3.87. The first-order valence-electron chi connectivity index (χ1n) is 11.0. The molecule has 2 rings (SSSR count). The summed E-state index contributed by atoms with van der Waals surface area (Å²) in [4.78, 5) is 12.5. The van der Waals surface area contributed by atoms with Gasteiger partial charge in [0.15, 0.2) is 11.5 Å². The summed E-state index contributed by atoms with van der Waals surface area (Å²) in [5.74, 6) is 0.0124. The molecule has 0 fully saturated rings. The minimum Gasteiger partial charge on any atom is -0.504 e. The molecular formula is C25H36O3.